The number of hydrogen-bond acceptors (Lipinski definition) is 4. The standard InChI is InChI=1S/C14H17ClN4/c1-2-18-5-7-19(8-6-18)14-12-9-11(15)3-4-13(12)16-10-17-14/h3-4,9-10H,2,5-8H2,1H3. The smallest absolute Gasteiger partial charge is 0.140 e. The molecule has 4 nitrogen and oxygen atoms in total. The minimum absolute atomic E-state index is 0.732. The Kier molecular flexibility index (Phi) is 3.53. The first-order valence-corrected chi connectivity index (χ1v) is 7.03. The third-order valence-corrected chi connectivity index (χ3v) is 3.93. The monoisotopic (exact) mass is 276 g/mol. The third kappa shape index (κ3) is 2.51. The number of nitrogens with zero attached hydrogens (tertiary/aromatic N) is 4. The number of halogens is 1. The van der Waals surface area contributed by atoms with Gasteiger partial charge < -0.3 is 9.80 Å². The highest BCUT2D eigenvalue weighted by molar-refractivity contribution is 6.31. The van der Waals surface area contributed by atoms with E-state index in [4.69, 9.17) is 11.6 Å². The van der Waals surface area contributed by atoms with Gasteiger partial charge in [-0.25, -0.2) is 9.97 Å². The van der Waals surface area contributed by atoms with Crippen LogP contribution in [0.3, 0.4) is 0 Å². The third-order valence-electron chi connectivity index (χ3n) is 3.70. The van der Waals surface area contributed by atoms with E-state index in [1.165, 1.54) is 0 Å². The van der Waals surface area contributed by atoms with Crippen LogP contribution in [0.5, 0.6) is 0 Å². The maximum atomic E-state index is 6.09. The van der Waals surface area contributed by atoms with Crippen LogP contribution in [-0.2, 0) is 0 Å². The number of rotatable bonds is 2. The van der Waals surface area contributed by atoms with E-state index in [0.29, 0.717) is 0 Å². The van der Waals surface area contributed by atoms with Crippen molar-refractivity contribution in [2.24, 2.45) is 0 Å². The molecule has 0 bridgehead atoms. The van der Waals surface area contributed by atoms with Crippen LogP contribution in [0.25, 0.3) is 10.9 Å². The van der Waals surface area contributed by atoms with E-state index < -0.39 is 0 Å². The summed E-state index contributed by atoms with van der Waals surface area (Å²) in [7, 11) is 0. The van der Waals surface area contributed by atoms with E-state index in [1.807, 2.05) is 18.2 Å². The van der Waals surface area contributed by atoms with Gasteiger partial charge in [-0.05, 0) is 24.7 Å². The average Bonchev–Trinajstić information content (AvgIpc) is 2.47. The van der Waals surface area contributed by atoms with Gasteiger partial charge in [0.25, 0.3) is 0 Å². The molecule has 0 atom stereocenters. The second-order valence-electron chi connectivity index (χ2n) is 4.78. The number of anilines is 1. The van der Waals surface area contributed by atoms with Gasteiger partial charge in [-0.1, -0.05) is 18.5 Å². The van der Waals surface area contributed by atoms with Gasteiger partial charge in [0.15, 0.2) is 0 Å². The highest BCUT2D eigenvalue weighted by Crippen LogP contribution is 2.26. The molecule has 5 heteroatoms. The molecule has 100 valence electrons. The summed E-state index contributed by atoms with van der Waals surface area (Å²) in [5.74, 6) is 1.00. The Morgan fingerprint density at radius 2 is 1.95 bits per heavy atom. The summed E-state index contributed by atoms with van der Waals surface area (Å²) in [5.41, 5.74) is 0.951. The molecular weight excluding hydrogens is 260 g/mol. The van der Waals surface area contributed by atoms with Gasteiger partial charge in [0, 0.05) is 36.6 Å². The van der Waals surface area contributed by atoms with Crippen LogP contribution in [0, 0.1) is 0 Å². The van der Waals surface area contributed by atoms with E-state index in [-0.39, 0.29) is 0 Å². The van der Waals surface area contributed by atoms with Crippen LogP contribution in [0.1, 0.15) is 6.92 Å². The van der Waals surface area contributed by atoms with Crippen molar-refractivity contribution in [1.82, 2.24) is 14.9 Å². The minimum Gasteiger partial charge on any atom is -0.353 e. The quantitative estimate of drug-likeness (QED) is 0.843. The van der Waals surface area contributed by atoms with Crippen molar-refractivity contribution in [3.8, 4) is 0 Å². The molecule has 1 aromatic carbocycles. The van der Waals surface area contributed by atoms with E-state index in [2.05, 4.69) is 26.7 Å². The normalized spacial score (nSPS) is 17.1. The van der Waals surface area contributed by atoms with Crippen LogP contribution >= 0.6 is 11.6 Å². The van der Waals surface area contributed by atoms with Crippen molar-refractivity contribution < 1.29 is 0 Å². The largest absolute Gasteiger partial charge is 0.353 e. The zero-order valence-electron chi connectivity index (χ0n) is 11.0. The summed E-state index contributed by atoms with van der Waals surface area (Å²) in [6.45, 7) is 7.50. The zero-order chi connectivity index (χ0) is 13.2. The fraction of sp³-hybridized carbons (Fsp3) is 0.429. The van der Waals surface area contributed by atoms with Crippen molar-refractivity contribution in [3.05, 3.63) is 29.5 Å². The number of hydrogen-bond donors (Lipinski definition) is 0. The summed E-state index contributed by atoms with van der Waals surface area (Å²) in [4.78, 5) is 13.5. The number of fused-ring (bicyclic) bond motifs is 1. The first-order valence-electron chi connectivity index (χ1n) is 6.65. The topological polar surface area (TPSA) is 32.3 Å². The Bertz CT molecular complexity index is 579. The summed E-state index contributed by atoms with van der Waals surface area (Å²) in [6.07, 6.45) is 1.64. The molecule has 1 aliphatic heterocycles. The Hall–Kier alpha value is -1.39. The van der Waals surface area contributed by atoms with Gasteiger partial charge >= 0.3 is 0 Å². The Labute approximate surface area is 118 Å². The molecule has 0 aliphatic carbocycles. The number of aromatic nitrogens is 2. The first-order chi connectivity index (χ1) is 9.28. The molecule has 3 rings (SSSR count). The van der Waals surface area contributed by atoms with E-state index in [9.17, 15) is 0 Å². The first kappa shape index (κ1) is 12.6. The minimum atomic E-state index is 0.732. The number of piperazine rings is 1. The highest BCUT2D eigenvalue weighted by atomic mass is 35.5. The molecule has 0 spiro atoms. The maximum absolute atomic E-state index is 6.09. The summed E-state index contributed by atoms with van der Waals surface area (Å²) in [6, 6.07) is 5.78. The van der Waals surface area contributed by atoms with Crippen LogP contribution in [0.15, 0.2) is 24.5 Å². The van der Waals surface area contributed by atoms with Crippen molar-refractivity contribution in [1.29, 1.82) is 0 Å². The molecule has 2 heterocycles. The molecule has 0 saturated carbocycles. The lowest BCUT2D eigenvalue weighted by molar-refractivity contribution is 0.271. The molecule has 1 aliphatic rings. The van der Waals surface area contributed by atoms with Crippen molar-refractivity contribution in [2.45, 2.75) is 6.92 Å². The number of benzene rings is 1. The van der Waals surface area contributed by atoms with Crippen LogP contribution in [0.4, 0.5) is 5.82 Å². The zero-order valence-corrected chi connectivity index (χ0v) is 11.8. The molecule has 0 unspecified atom stereocenters. The second kappa shape index (κ2) is 5.31. The average molecular weight is 277 g/mol. The SMILES string of the molecule is CCN1CCN(c2ncnc3ccc(Cl)cc23)CC1. The van der Waals surface area contributed by atoms with E-state index >= 15 is 0 Å². The van der Waals surface area contributed by atoms with Gasteiger partial charge in [0.05, 0.1) is 5.52 Å². The van der Waals surface area contributed by atoms with Gasteiger partial charge in [0.1, 0.15) is 12.1 Å². The molecule has 0 amide bonds. The fourth-order valence-electron chi connectivity index (χ4n) is 2.54. The highest BCUT2D eigenvalue weighted by Gasteiger charge is 2.18. The summed E-state index contributed by atoms with van der Waals surface area (Å²) >= 11 is 6.09. The van der Waals surface area contributed by atoms with Gasteiger partial charge in [-0.15, -0.1) is 0 Å². The van der Waals surface area contributed by atoms with Crippen molar-refractivity contribution >= 4 is 28.3 Å². The van der Waals surface area contributed by atoms with Crippen molar-refractivity contribution in [3.63, 3.8) is 0 Å². The lowest BCUT2D eigenvalue weighted by Crippen LogP contribution is -2.46. The molecular formula is C14H17ClN4. The van der Waals surface area contributed by atoms with E-state index in [0.717, 1.165) is 54.5 Å². The Balaban J connectivity index is 1.94. The molecule has 2 aromatic rings. The van der Waals surface area contributed by atoms with Gasteiger partial charge in [-0.2, -0.15) is 0 Å². The van der Waals surface area contributed by atoms with Gasteiger partial charge in [-0.3, -0.25) is 0 Å². The van der Waals surface area contributed by atoms with Crippen LogP contribution in [-0.4, -0.2) is 47.6 Å². The Morgan fingerprint density at radius 3 is 2.68 bits per heavy atom. The lowest BCUT2D eigenvalue weighted by atomic mass is 10.2. The summed E-state index contributed by atoms with van der Waals surface area (Å²) in [5, 5.41) is 1.77. The van der Waals surface area contributed by atoms with Crippen molar-refractivity contribution in [2.75, 3.05) is 37.6 Å². The molecule has 0 N–H and O–H groups in total. The van der Waals surface area contributed by atoms with Crippen LogP contribution < -0.4 is 4.90 Å². The summed E-state index contributed by atoms with van der Waals surface area (Å²) < 4.78 is 0. The van der Waals surface area contributed by atoms with E-state index in [1.54, 1.807) is 6.33 Å². The molecule has 19 heavy (non-hydrogen) atoms. The molecule has 1 saturated heterocycles. The van der Waals surface area contributed by atoms with Gasteiger partial charge in [0.2, 0.25) is 0 Å². The lowest BCUT2D eigenvalue weighted by Gasteiger charge is -2.35. The van der Waals surface area contributed by atoms with Crippen LogP contribution in [0.2, 0.25) is 5.02 Å². The number of likely N-dealkylation sites (N-methyl/N-ethyl adjacent to an activating group) is 1. The predicted octanol–water partition coefficient (Wildman–Crippen LogP) is 2.43. The molecule has 1 fully saturated rings. The Morgan fingerprint density at radius 1 is 1.16 bits per heavy atom. The second-order valence-corrected chi connectivity index (χ2v) is 5.22. The fourth-order valence-corrected chi connectivity index (χ4v) is 2.72. The maximum Gasteiger partial charge on any atom is 0.140 e. The molecule has 0 radical (unpaired) electrons. The molecule has 1 aromatic heterocycles. The predicted molar refractivity (Wildman–Crippen MR) is 78.9 cm³/mol.